The van der Waals surface area contributed by atoms with Gasteiger partial charge in [-0.1, -0.05) is 12.1 Å². The molecule has 1 aromatic carbocycles. The Morgan fingerprint density at radius 3 is 2.89 bits per heavy atom. The number of rotatable bonds is 3. The summed E-state index contributed by atoms with van der Waals surface area (Å²) in [7, 11) is 0. The van der Waals surface area contributed by atoms with E-state index in [1.54, 1.807) is 30.6 Å². The zero-order valence-corrected chi connectivity index (χ0v) is 10.9. The molecule has 0 fully saturated rings. The molecule has 3 rings (SSSR count). The monoisotopic (exact) mass is 275 g/mol. The Labute approximate surface area is 112 Å². The number of benzene rings is 1. The lowest BCUT2D eigenvalue weighted by molar-refractivity contribution is 0.611. The van der Waals surface area contributed by atoms with Crippen LogP contribution in [0.4, 0.5) is 15.2 Å². The molecule has 0 aliphatic carbocycles. The van der Waals surface area contributed by atoms with Crippen molar-refractivity contribution in [3.63, 3.8) is 0 Å². The molecule has 1 N–H and O–H groups in total. The van der Waals surface area contributed by atoms with Crippen LogP contribution in [0.15, 0.2) is 36.7 Å². The molecule has 0 atom stereocenters. The van der Waals surface area contributed by atoms with E-state index in [1.807, 2.05) is 6.92 Å². The average Bonchev–Trinajstić information content (AvgIpc) is 3.00. The van der Waals surface area contributed by atoms with Crippen LogP contribution in [0.25, 0.3) is 5.69 Å². The van der Waals surface area contributed by atoms with E-state index in [0.717, 1.165) is 5.69 Å². The number of halogens is 1. The van der Waals surface area contributed by atoms with E-state index in [9.17, 15) is 4.39 Å². The van der Waals surface area contributed by atoms with Gasteiger partial charge >= 0.3 is 0 Å². The standard InChI is InChI=1S/C12H10FN5S/c1-8-15-12(19-17-8)16-9-6-14-18(7-9)11-5-3-2-4-10(11)13/h2-7H,1H3,(H,15,16,17). The summed E-state index contributed by atoms with van der Waals surface area (Å²) in [6.07, 6.45) is 3.32. The predicted octanol–water partition coefficient (Wildman–Crippen LogP) is 2.91. The average molecular weight is 275 g/mol. The maximum Gasteiger partial charge on any atom is 0.207 e. The van der Waals surface area contributed by atoms with Gasteiger partial charge in [-0.05, 0) is 19.1 Å². The van der Waals surface area contributed by atoms with Crippen molar-refractivity contribution in [1.29, 1.82) is 0 Å². The normalized spacial score (nSPS) is 10.6. The van der Waals surface area contributed by atoms with Crippen molar-refractivity contribution in [1.82, 2.24) is 19.1 Å². The number of anilines is 2. The highest BCUT2D eigenvalue weighted by Crippen LogP contribution is 2.19. The summed E-state index contributed by atoms with van der Waals surface area (Å²) in [5.41, 5.74) is 1.14. The van der Waals surface area contributed by atoms with Gasteiger partial charge in [0, 0.05) is 11.5 Å². The first-order valence-corrected chi connectivity index (χ1v) is 6.36. The third-order valence-corrected chi connectivity index (χ3v) is 3.18. The highest BCUT2D eigenvalue weighted by Gasteiger charge is 2.07. The zero-order valence-electron chi connectivity index (χ0n) is 10.0. The first-order valence-electron chi connectivity index (χ1n) is 5.59. The molecule has 0 spiro atoms. The van der Waals surface area contributed by atoms with Crippen LogP contribution in [0, 0.1) is 12.7 Å². The molecular weight excluding hydrogens is 265 g/mol. The van der Waals surface area contributed by atoms with E-state index >= 15 is 0 Å². The topological polar surface area (TPSA) is 55.6 Å². The molecule has 3 aromatic rings. The van der Waals surface area contributed by atoms with E-state index in [0.29, 0.717) is 16.6 Å². The van der Waals surface area contributed by atoms with Crippen LogP contribution in [0.5, 0.6) is 0 Å². The van der Waals surface area contributed by atoms with Crippen molar-refractivity contribution in [3.8, 4) is 5.69 Å². The third kappa shape index (κ3) is 2.45. The summed E-state index contributed by atoms with van der Waals surface area (Å²) >= 11 is 1.27. The van der Waals surface area contributed by atoms with E-state index in [2.05, 4.69) is 19.8 Å². The van der Waals surface area contributed by atoms with Crippen molar-refractivity contribution in [3.05, 3.63) is 48.3 Å². The minimum Gasteiger partial charge on any atom is -0.328 e. The molecule has 0 saturated carbocycles. The summed E-state index contributed by atoms with van der Waals surface area (Å²) < 4.78 is 19.2. The molecule has 0 saturated heterocycles. The molecule has 2 aromatic heterocycles. The minimum atomic E-state index is -0.316. The van der Waals surface area contributed by atoms with Crippen LogP contribution in [-0.2, 0) is 0 Å². The van der Waals surface area contributed by atoms with Crippen molar-refractivity contribution in [2.75, 3.05) is 5.32 Å². The van der Waals surface area contributed by atoms with Gasteiger partial charge < -0.3 is 5.32 Å². The van der Waals surface area contributed by atoms with Gasteiger partial charge in [0.05, 0.1) is 18.1 Å². The van der Waals surface area contributed by atoms with E-state index in [1.165, 1.54) is 22.3 Å². The number of hydrogen-bond donors (Lipinski definition) is 1. The second-order valence-corrected chi connectivity index (χ2v) is 4.65. The van der Waals surface area contributed by atoms with Gasteiger partial charge in [0.2, 0.25) is 5.13 Å². The molecule has 5 nitrogen and oxygen atoms in total. The molecule has 96 valence electrons. The number of aryl methyl sites for hydroxylation is 1. The maximum absolute atomic E-state index is 13.6. The molecule has 0 amide bonds. The smallest absolute Gasteiger partial charge is 0.207 e. The van der Waals surface area contributed by atoms with Gasteiger partial charge in [-0.25, -0.2) is 14.1 Å². The molecule has 0 radical (unpaired) electrons. The number of para-hydroxylation sites is 1. The van der Waals surface area contributed by atoms with Crippen LogP contribution in [-0.4, -0.2) is 19.1 Å². The summed E-state index contributed by atoms with van der Waals surface area (Å²) in [4.78, 5) is 4.19. The number of nitrogens with one attached hydrogen (secondary N) is 1. The lowest BCUT2D eigenvalue weighted by Crippen LogP contribution is -1.97. The molecule has 19 heavy (non-hydrogen) atoms. The van der Waals surface area contributed by atoms with Crippen LogP contribution in [0.1, 0.15) is 5.82 Å². The van der Waals surface area contributed by atoms with Crippen LogP contribution >= 0.6 is 11.5 Å². The third-order valence-electron chi connectivity index (χ3n) is 2.46. The number of nitrogens with zero attached hydrogens (tertiary/aromatic N) is 4. The maximum atomic E-state index is 13.6. The van der Waals surface area contributed by atoms with Crippen molar-refractivity contribution in [2.24, 2.45) is 0 Å². The molecule has 0 aliphatic rings. The molecular formula is C12H10FN5S. The fourth-order valence-electron chi connectivity index (χ4n) is 1.63. The quantitative estimate of drug-likeness (QED) is 0.798. The van der Waals surface area contributed by atoms with Crippen LogP contribution in [0.2, 0.25) is 0 Å². The Balaban J connectivity index is 1.86. The number of hydrogen-bond acceptors (Lipinski definition) is 5. The summed E-state index contributed by atoms with van der Waals surface area (Å²) in [5, 5.41) is 7.88. The summed E-state index contributed by atoms with van der Waals surface area (Å²) in [5.74, 6) is 0.401. The van der Waals surface area contributed by atoms with Gasteiger partial charge in [0.1, 0.15) is 17.3 Å². The molecule has 0 aliphatic heterocycles. The van der Waals surface area contributed by atoms with Gasteiger partial charge in [0.15, 0.2) is 0 Å². The molecule has 2 heterocycles. The Bertz CT molecular complexity index is 705. The lowest BCUT2D eigenvalue weighted by atomic mass is 10.3. The van der Waals surface area contributed by atoms with E-state index < -0.39 is 0 Å². The highest BCUT2D eigenvalue weighted by molar-refractivity contribution is 7.09. The Hall–Kier alpha value is -2.28. The second kappa shape index (κ2) is 4.77. The lowest BCUT2D eigenvalue weighted by Gasteiger charge is -2.01. The van der Waals surface area contributed by atoms with Gasteiger partial charge in [-0.3, -0.25) is 0 Å². The van der Waals surface area contributed by atoms with Crippen LogP contribution in [0.3, 0.4) is 0 Å². The Morgan fingerprint density at radius 1 is 1.32 bits per heavy atom. The second-order valence-electron chi connectivity index (χ2n) is 3.90. The first kappa shape index (κ1) is 11.8. The SMILES string of the molecule is Cc1nsc(Nc2cnn(-c3ccccc3F)c2)n1. The van der Waals surface area contributed by atoms with Crippen molar-refractivity contribution < 1.29 is 4.39 Å². The molecule has 7 heteroatoms. The van der Waals surface area contributed by atoms with Gasteiger partial charge in [0.25, 0.3) is 0 Å². The number of aromatic nitrogens is 4. The first-order chi connectivity index (χ1) is 9.22. The summed E-state index contributed by atoms with van der Waals surface area (Å²) in [6.45, 7) is 1.82. The van der Waals surface area contributed by atoms with Crippen LogP contribution < -0.4 is 5.32 Å². The van der Waals surface area contributed by atoms with Crippen molar-refractivity contribution in [2.45, 2.75) is 6.92 Å². The zero-order chi connectivity index (χ0) is 13.2. The fraction of sp³-hybridized carbons (Fsp3) is 0.0833. The van der Waals surface area contributed by atoms with E-state index in [-0.39, 0.29) is 5.82 Å². The molecule has 0 bridgehead atoms. The Kier molecular flexibility index (Phi) is 2.96. The predicted molar refractivity (Wildman–Crippen MR) is 71.5 cm³/mol. The summed E-state index contributed by atoms with van der Waals surface area (Å²) in [6, 6.07) is 6.48. The largest absolute Gasteiger partial charge is 0.328 e. The van der Waals surface area contributed by atoms with Crippen molar-refractivity contribution >= 4 is 22.4 Å². The fourth-order valence-corrected chi connectivity index (χ4v) is 2.22. The van der Waals surface area contributed by atoms with Gasteiger partial charge in [-0.15, -0.1) is 0 Å². The highest BCUT2D eigenvalue weighted by atomic mass is 32.1. The van der Waals surface area contributed by atoms with E-state index in [4.69, 9.17) is 0 Å². The van der Waals surface area contributed by atoms with Gasteiger partial charge in [-0.2, -0.15) is 9.47 Å². The minimum absolute atomic E-state index is 0.316. The molecule has 0 unspecified atom stereocenters. The Morgan fingerprint density at radius 2 is 2.16 bits per heavy atom.